The van der Waals surface area contributed by atoms with Crippen molar-refractivity contribution in [2.24, 2.45) is 7.05 Å². The third kappa shape index (κ3) is 4.03. The van der Waals surface area contributed by atoms with E-state index in [-0.39, 0.29) is 18.5 Å². The summed E-state index contributed by atoms with van der Waals surface area (Å²) in [4.78, 5) is 13.7. The molecule has 0 radical (unpaired) electrons. The largest absolute Gasteiger partial charge is 0.322 e. The number of aryl methyl sites for hydroxylation is 3. The molecule has 0 aliphatic carbocycles. The molecule has 1 amide bonds. The first-order chi connectivity index (χ1) is 12.5. The zero-order chi connectivity index (χ0) is 18.7. The minimum absolute atomic E-state index is 0.00237. The maximum absolute atomic E-state index is 12.5. The first-order valence-corrected chi connectivity index (χ1v) is 9.47. The molecule has 0 spiro atoms. The lowest BCUT2D eigenvalue weighted by Gasteiger charge is -2.18. The van der Waals surface area contributed by atoms with Gasteiger partial charge in [-0.15, -0.1) is 11.3 Å². The van der Waals surface area contributed by atoms with Crippen LogP contribution in [-0.2, 0) is 11.8 Å². The molecule has 26 heavy (non-hydrogen) atoms. The van der Waals surface area contributed by atoms with E-state index in [1.165, 1.54) is 10.4 Å². The second kappa shape index (κ2) is 7.85. The van der Waals surface area contributed by atoms with Crippen LogP contribution in [0.5, 0.6) is 0 Å². The predicted octanol–water partition coefficient (Wildman–Crippen LogP) is 3.72. The first kappa shape index (κ1) is 18.4. The normalized spacial score (nSPS) is 12.2. The second-order valence-electron chi connectivity index (χ2n) is 6.46. The number of benzene rings is 1. The Kier molecular flexibility index (Phi) is 5.54. The molecule has 0 fully saturated rings. The van der Waals surface area contributed by atoms with Crippen LogP contribution in [0.4, 0.5) is 5.69 Å². The van der Waals surface area contributed by atoms with E-state index in [0.717, 1.165) is 22.6 Å². The van der Waals surface area contributed by atoms with Gasteiger partial charge in [0, 0.05) is 11.9 Å². The van der Waals surface area contributed by atoms with Gasteiger partial charge in [-0.25, -0.2) is 0 Å². The monoisotopic (exact) mass is 368 g/mol. The number of hydrogen-bond donors (Lipinski definition) is 2. The fraction of sp³-hybridized carbons (Fsp3) is 0.300. The van der Waals surface area contributed by atoms with Crippen LogP contribution in [0.2, 0.25) is 0 Å². The summed E-state index contributed by atoms with van der Waals surface area (Å²) in [6.45, 7) is 6.15. The van der Waals surface area contributed by atoms with Crippen LogP contribution in [0.3, 0.4) is 0 Å². The summed E-state index contributed by atoms with van der Waals surface area (Å²) in [7, 11) is 1.88. The van der Waals surface area contributed by atoms with Crippen molar-refractivity contribution in [3.8, 4) is 0 Å². The molecule has 0 aliphatic heterocycles. The molecule has 0 aliphatic rings. The summed E-state index contributed by atoms with van der Waals surface area (Å²) in [6.07, 6.45) is 0. The average molecular weight is 369 g/mol. The van der Waals surface area contributed by atoms with Gasteiger partial charge >= 0.3 is 0 Å². The van der Waals surface area contributed by atoms with Gasteiger partial charge in [-0.3, -0.25) is 14.8 Å². The molecule has 2 heterocycles. The van der Waals surface area contributed by atoms with Gasteiger partial charge in [-0.1, -0.05) is 35.9 Å². The number of aromatic nitrogens is 2. The van der Waals surface area contributed by atoms with Crippen LogP contribution < -0.4 is 10.6 Å². The molecule has 1 aromatic carbocycles. The fourth-order valence-corrected chi connectivity index (χ4v) is 3.76. The smallest absolute Gasteiger partial charge is 0.238 e. The van der Waals surface area contributed by atoms with Crippen molar-refractivity contribution in [3.05, 3.63) is 69.2 Å². The lowest BCUT2D eigenvalue weighted by molar-refractivity contribution is -0.115. The molecule has 3 aromatic rings. The number of carbonyl (C=O) groups is 1. The Morgan fingerprint density at radius 2 is 1.92 bits per heavy atom. The van der Waals surface area contributed by atoms with E-state index < -0.39 is 0 Å². The maximum Gasteiger partial charge on any atom is 0.238 e. The Labute approximate surface area is 158 Å². The van der Waals surface area contributed by atoms with Crippen molar-refractivity contribution in [1.82, 2.24) is 15.1 Å². The molecule has 2 aromatic heterocycles. The molecule has 0 unspecified atom stereocenters. The number of nitrogens with zero attached hydrogens (tertiary/aromatic N) is 2. The van der Waals surface area contributed by atoms with Crippen LogP contribution in [-0.4, -0.2) is 22.2 Å². The quantitative estimate of drug-likeness (QED) is 0.697. The minimum Gasteiger partial charge on any atom is -0.322 e. The number of carbonyl (C=O) groups excluding carboxylic acids is 1. The number of thiophene rings is 1. The van der Waals surface area contributed by atoms with Gasteiger partial charge in [0.1, 0.15) is 0 Å². The highest BCUT2D eigenvalue weighted by molar-refractivity contribution is 7.10. The lowest BCUT2D eigenvalue weighted by atomic mass is 10.0. The Morgan fingerprint density at radius 1 is 1.19 bits per heavy atom. The zero-order valence-corrected chi connectivity index (χ0v) is 16.4. The van der Waals surface area contributed by atoms with E-state index in [1.54, 1.807) is 16.0 Å². The summed E-state index contributed by atoms with van der Waals surface area (Å²) in [5.41, 5.74) is 4.94. The van der Waals surface area contributed by atoms with Gasteiger partial charge in [-0.2, -0.15) is 5.10 Å². The third-order valence-electron chi connectivity index (χ3n) is 4.48. The van der Waals surface area contributed by atoms with E-state index >= 15 is 0 Å². The molecule has 5 nitrogen and oxygen atoms in total. The predicted molar refractivity (Wildman–Crippen MR) is 107 cm³/mol. The van der Waals surface area contributed by atoms with Crippen LogP contribution in [0.25, 0.3) is 0 Å². The minimum atomic E-state index is -0.0714. The van der Waals surface area contributed by atoms with E-state index in [0.29, 0.717) is 0 Å². The molecular formula is C20H24N4OS. The number of amides is 1. The van der Waals surface area contributed by atoms with Crippen molar-refractivity contribution in [2.75, 3.05) is 11.9 Å². The van der Waals surface area contributed by atoms with E-state index in [1.807, 2.05) is 27.0 Å². The Balaban J connectivity index is 1.71. The second-order valence-corrected chi connectivity index (χ2v) is 7.44. The first-order valence-electron chi connectivity index (χ1n) is 8.59. The van der Waals surface area contributed by atoms with E-state index in [4.69, 9.17) is 0 Å². The van der Waals surface area contributed by atoms with Gasteiger partial charge in [-0.05, 0) is 37.8 Å². The molecule has 0 saturated heterocycles. The van der Waals surface area contributed by atoms with Gasteiger partial charge in [0.15, 0.2) is 0 Å². The lowest BCUT2D eigenvalue weighted by Crippen LogP contribution is -2.31. The Morgan fingerprint density at radius 3 is 2.50 bits per heavy atom. The number of nitrogens with one attached hydrogen (secondary N) is 2. The van der Waals surface area contributed by atoms with Crippen LogP contribution in [0, 0.1) is 20.8 Å². The molecule has 6 heteroatoms. The van der Waals surface area contributed by atoms with Crippen LogP contribution in [0.15, 0.2) is 41.8 Å². The van der Waals surface area contributed by atoms with Gasteiger partial charge in [0.2, 0.25) is 5.91 Å². The molecule has 0 bridgehead atoms. The molecule has 0 saturated carbocycles. The van der Waals surface area contributed by atoms with Gasteiger partial charge < -0.3 is 5.32 Å². The highest BCUT2D eigenvalue weighted by Gasteiger charge is 2.17. The van der Waals surface area contributed by atoms with Crippen molar-refractivity contribution >= 4 is 22.9 Å². The van der Waals surface area contributed by atoms with E-state index in [2.05, 4.69) is 58.4 Å². The van der Waals surface area contributed by atoms with Gasteiger partial charge in [0.25, 0.3) is 0 Å². The third-order valence-corrected chi connectivity index (χ3v) is 5.42. The van der Waals surface area contributed by atoms with E-state index in [9.17, 15) is 4.79 Å². The van der Waals surface area contributed by atoms with Crippen molar-refractivity contribution in [1.29, 1.82) is 0 Å². The SMILES string of the molecule is Cc1ccc([C@@H](NCC(=O)Nc2c(C)nn(C)c2C)c2cccs2)cc1. The Hall–Kier alpha value is -2.44. The summed E-state index contributed by atoms with van der Waals surface area (Å²) in [5.74, 6) is -0.0714. The maximum atomic E-state index is 12.5. The number of anilines is 1. The summed E-state index contributed by atoms with van der Waals surface area (Å²) < 4.78 is 1.78. The van der Waals surface area contributed by atoms with Crippen molar-refractivity contribution in [2.45, 2.75) is 26.8 Å². The molecule has 1 atom stereocenters. The van der Waals surface area contributed by atoms with Crippen LogP contribution >= 0.6 is 11.3 Å². The fourth-order valence-electron chi connectivity index (χ4n) is 2.93. The summed E-state index contributed by atoms with van der Waals surface area (Å²) in [6, 6.07) is 12.5. The standard InChI is InChI=1S/C20H24N4OS/c1-13-7-9-16(10-8-13)20(17-6-5-11-26-17)21-12-18(25)22-19-14(2)23-24(4)15(19)3/h5-11,20-21H,12H2,1-4H3,(H,22,25)/t20-/m1/s1. The average Bonchev–Trinajstić information content (AvgIpc) is 3.22. The molecule has 2 N–H and O–H groups in total. The van der Waals surface area contributed by atoms with Crippen molar-refractivity contribution < 1.29 is 4.79 Å². The highest BCUT2D eigenvalue weighted by atomic mass is 32.1. The number of hydrogen-bond acceptors (Lipinski definition) is 4. The summed E-state index contributed by atoms with van der Waals surface area (Å²) in [5, 5.41) is 12.8. The molecular weight excluding hydrogens is 344 g/mol. The van der Waals surface area contributed by atoms with Gasteiger partial charge in [0.05, 0.1) is 29.7 Å². The van der Waals surface area contributed by atoms with Crippen molar-refractivity contribution in [3.63, 3.8) is 0 Å². The van der Waals surface area contributed by atoms with Crippen LogP contribution in [0.1, 0.15) is 33.4 Å². The Bertz CT molecular complexity index is 881. The topological polar surface area (TPSA) is 59.0 Å². The number of rotatable bonds is 6. The highest BCUT2D eigenvalue weighted by Crippen LogP contribution is 2.26. The molecule has 3 rings (SSSR count). The molecule has 136 valence electrons. The summed E-state index contributed by atoms with van der Waals surface area (Å²) >= 11 is 1.69. The zero-order valence-electron chi connectivity index (χ0n) is 15.5.